The molecule has 0 atom stereocenters. The molecular weight excluding hydrogens is 294 g/mol. The summed E-state index contributed by atoms with van der Waals surface area (Å²) in [4.78, 5) is 23.7. The molecule has 0 aliphatic rings. The zero-order chi connectivity index (χ0) is 15.4. The van der Waals surface area contributed by atoms with E-state index < -0.39 is 5.91 Å². The summed E-state index contributed by atoms with van der Waals surface area (Å²) in [5.74, 6) is -0.632. The number of phenolic OH excluding ortho intramolecular Hbond substituents is 1. The maximum absolute atomic E-state index is 12.1. The first-order valence-corrected chi connectivity index (χ1v) is 6.77. The van der Waals surface area contributed by atoms with Crippen LogP contribution in [0.1, 0.15) is 23.8 Å². The van der Waals surface area contributed by atoms with Crippen molar-refractivity contribution in [3.8, 4) is 5.75 Å². The van der Waals surface area contributed by atoms with Gasteiger partial charge in [-0.15, -0.1) is 0 Å². The van der Waals surface area contributed by atoms with Crippen molar-refractivity contribution in [1.82, 2.24) is 9.78 Å². The fourth-order valence-corrected chi connectivity index (χ4v) is 1.91. The molecule has 2 aromatic rings. The molecule has 0 unspecified atom stereocenters. The molecule has 7 heteroatoms. The molecule has 0 saturated heterocycles. The van der Waals surface area contributed by atoms with Crippen LogP contribution in [0.5, 0.6) is 5.75 Å². The molecule has 0 spiro atoms. The van der Waals surface area contributed by atoms with Crippen LogP contribution in [0.25, 0.3) is 0 Å². The predicted octanol–water partition coefficient (Wildman–Crippen LogP) is 2.26. The molecule has 0 aliphatic carbocycles. The third-order valence-electron chi connectivity index (χ3n) is 2.74. The average Bonchev–Trinajstić information content (AvgIpc) is 2.45. The van der Waals surface area contributed by atoms with Crippen LogP contribution >= 0.6 is 11.6 Å². The van der Waals surface area contributed by atoms with E-state index in [1.54, 1.807) is 0 Å². The topological polar surface area (TPSA) is 84.2 Å². The largest absolute Gasteiger partial charge is 0.506 e. The van der Waals surface area contributed by atoms with Gasteiger partial charge in [-0.1, -0.05) is 18.5 Å². The monoisotopic (exact) mass is 307 g/mol. The Kier molecular flexibility index (Phi) is 4.59. The maximum Gasteiger partial charge on any atom is 0.276 e. The van der Waals surface area contributed by atoms with Crippen LogP contribution in [0.4, 0.5) is 5.69 Å². The quantitative estimate of drug-likeness (QED) is 0.849. The average molecular weight is 308 g/mol. The van der Waals surface area contributed by atoms with Gasteiger partial charge in [-0.2, -0.15) is 5.10 Å². The van der Waals surface area contributed by atoms with E-state index in [1.807, 2.05) is 6.92 Å². The van der Waals surface area contributed by atoms with Gasteiger partial charge in [0.2, 0.25) is 0 Å². The number of anilines is 1. The number of nitrogens with one attached hydrogen (secondary N) is 1. The van der Waals surface area contributed by atoms with Gasteiger partial charge in [0.15, 0.2) is 0 Å². The van der Waals surface area contributed by atoms with E-state index in [0.717, 1.165) is 6.42 Å². The minimum atomic E-state index is -0.530. The van der Waals surface area contributed by atoms with Crippen molar-refractivity contribution in [2.75, 3.05) is 5.32 Å². The van der Waals surface area contributed by atoms with Crippen molar-refractivity contribution in [2.24, 2.45) is 0 Å². The lowest BCUT2D eigenvalue weighted by atomic mass is 10.2. The molecule has 1 heterocycles. The van der Waals surface area contributed by atoms with Gasteiger partial charge in [0.25, 0.3) is 11.5 Å². The zero-order valence-electron chi connectivity index (χ0n) is 11.3. The highest BCUT2D eigenvalue weighted by Crippen LogP contribution is 2.26. The lowest BCUT2D eigenvalue weighted by Gasteiger charge is -2.08. The molecule has 1 aromatic carbocycles. The van der Waals surface area contributed by atoms with Crippen molar-refractivity contribution in [1.29, 1.82) is 0 Å². The lowest BCUT2D eigenvalue weighted by Crippen LogP contribution is -2.26. The van der Waals surface area contributed by atoms with Gasteiger partial charge in [-0.3, -0.25) is 9.59 Å². The molecule has 0 fully saturated rings. The number of halogens is 1. The first-order chi connectivity index (χ1) is 10.0. The Balaban J connectivity index is 2.26. The molecule has 0 bridgehead atoms. The number of nitrogens with zero attached hydrogens (tertiary/aromatic N) is 2. The summed E-state index contributed by atoms with van der Waals surface area (Å²) in [7, 11) is 0. The Bertz CT molecular complexity index is 728. The summed E-state index contributed by atoms with van der Waals surface area (Å²) in [6.07, 6.45) is 0.729. The van der Waals surface area contributed by atoms with E-state index in [9.17, 15) is 14.7 Å². The Morgan fingerprint density at radius 3 is 2.86 bits per heavy atom. The molecule has 0 radical (unpaired) electrons. The molecule has 2 N–H and O–H groups in total. The second-order valence-electron chi connectivity index (χ2n) is 4.40. The minimum Gasteiger partial charge on any atom is -0.506 e. The Morgan fingerprint density at radius 1 is 1.38 bits per heavy atom. The first-order valence-electron chi connectivity index (χ1n) is 6.39. The van der Waals surface area contributed by atoms with Crippen molar-refractivity contribution in [3.05, 3.63) is 51.4 Å². The van der Waals surface area contributed by atoms with Crippen LogP contribution in [-0.4, -0.2) is 20.8 Å². The molecule has 2 rings (SSSR count). The van der Waals surface area contributed by atoms with Crippen molar-refractivity contribution < 1.29 is 9.90 Å². The van der Waals surface area contributed by atoms with Gasteiger partial charge in [0.1, 0.15) is 11.4 Å². The molecule has 1 amide bonds. The number of benzene rings is 1. The summed E-state index contributed by atoms with van der Waals surface area (Å²) < 4.78 is 1.23. The Hall–Kier alpha value is -2.34. The highest BCUT2D eigenvalue weighted by molar-refractivity contribution is 6.31. The van der Waals surface area contributed by atoms with Gasteiger partial charge >= 0.3 is 0 Å². The second-order valence-corrected chi connectivity index (χ2v) is 4.83. The van der Waals surface area contributed by atoms with Gasteiger partial charge in [-0.25, -0.2) is 4.68 Å². The van der Waals surface area contributed by atoms with E-state index in [2.05, 4.69) is 10.4 Å². The SMILES string of the molecule is CCCn1nc(C(=O)Nc2cc(Cl)ccc2O)ccc1=O. The van der Waals surface area contributed by atoms with Crippen molar-refractivity contribution in [3.63, 3.8) is 0 Å². The second kappa shape index (κ2) is 6.41. The smallest absolute Gasteiger partial charge is 0.276 e. The fraction of sp³-hybridized carbons (Fsp3) is 0.214. The Morgan fingerprint density at radius 2 is 2.14 bits per heavy atom. The van der Waals surface area contributed by atoms with Gasteiger partial charge in [-0.05, 0) is 30.7 Å². The normalized spacial score (nSPS) is 10.4. The summed E-state index contributed by atoms with van der Waals surface area (Å²) in [6, 6.07) is 6.94. The molecule has 21 heavy (non-hydrogen) atoms. The standard InChI is InChI=1S/C14H14ClN3O3/c1-2-7-18-13(20)6-4-10(17-18)14(21)16-11-8-9(15)3-5-12(11)19/h3-6,8,19H,2,7H2,1H3,(H,16,21). The number of rotatable bonds is 4. The minimum absolute atomic E-state index is 0.0856. The molecular formula is C14H14ClN3O3. The number of hydrogen-bond acceptors (Lipinski definition) is 4. The van der Waals surface area contributed by atoms with E-state index in [1.165, 1.54) is 35.0 Å². The van der Waals surface area contributed by atoms with E-state index in [0.29, 0.717) is 11.6 Å². The predicted molar refractivity (Wildman–Crippen MR) is 79.9 cm³/mol. The summed E-state index contributed by atoms with van der Waals surface area (Å²) in [5.41, 5.74) is 0.00368. The molecule has 0 aliphatic heterocycles. The van der Waals surface area contributed by atoms with Crippen LogP contribution < -0.4 is 10.9 Å². The zero-order valence-corrected chi connectivity index (χ0v) is 12.1. The summed E-state index contributed by atoms with van der Waals surface area (Å²) in [5, 5.41) is 16.5. The van der Waals surface area contributed by atoms with E-state index in [4.69, 9.17) is 11.6 Å². The molecule has 0 saturated carbocycles. The number of hydrogen-bond donors (Lipinski definition) is 2. The first kappa shape index (κ1) is 15.1. The lowest BCUT2D eigenvalue weighted by molar-refractivity contribution is 0.101. The fourth-order valence-electron chi connectivity index (χ4n) is 1.74. The summed E-state index contributed by atoms with van der Waals surface area (Å²) in [6.45, 7) is 2.34. The van der Waals surface area contributed by atoms with Crippen LogP contribution in [0, 0.1) is 0 Å². The number of amides is 1. The van der Waals surface area contributed by atoms with Crippen LogP contribution in [-0.2, 0) is 6.54 Å². The number of phenols is 1. The third-order valence-corrected chi connectivity index (χ3v) is 2.98. The van der Waals surface area contributed by atoms with Gasteiger partial charge in [0, 0.05) is 17.6 Å². The molecule has 110 valence electrons. The number of carbonyl (C=O) groups excluding carboxylic acids is 1. The highest BCUT2D eigenvalue weighted by Gasteiger charge is 2.12. The van der Waals surface area contributed by atoms with Crippen LogP contribution in [0.3, 0.4) is 0 Å². The summed E-state index contributed by atoms with van der Waals surface area (Å²) >= 11 is 5.81. The van der Waals surface area contributed by atoms with Gasteiger partial charge < -0.3 is 10.4 Å². The molecule has 6 nitrogen and oxygen atoms in total. The maximum atomic E-state index is 12.1. The van der Waals surface area contributed by atoms with Crippen molar-refractivity contribution >= 4 is 23.2 Å². The van der Waals surface area contributed by atoms with E-state index in [-0.39, 0.29) is 22.7 Å². The number of aromatic hydroxyl groups is 1. The third kappa shape index (κ3) is 3.61. The molecule has 1 aromatic heterocycles. The number of aryl methyl sites for hydroxylation is 1. The van der Waals surface area contributed by atoms with E-state index >= 15 is 0 Å². The van der Waals surface area contributed by atoms with Gasteiger partial charge in [0.05, 0.1) is 5.69 Å². The Labute approximate surface area is 126 Å². The number of carbonyl (C=O) groups is 1. The van der Waals surface area contributed by atoms with Crippen LogP contribution in [0.15, 0.2) is 35.1 Å². The highest BCUT2D eigenvalue weighted by atomic mass is 35.5. The van der Waals surface area contributed by atoms with Crippen molar-refractivity contribution in [2.45, 2.75) is 19.9 Å². The van der Waals surface area contributed by atoms with Crippen LogP contribution in [0.2, 0.25) is 5.02 Å². The number of aromatic nitrogens is 2.